The second-order valence-corrected chi connectivity index (χ2v) is 6.59. The Hall–Kier alpha value is -2.02. The number of amides is 3. The molecule has 0 aromatic carbocycles. The molecule has 7 nitrogen and oxygen atoms in total. The lowest BCUT2D eigenvalue weighted by Crippen LogP contribution is -2.33. The summed E-state index contributed by atoms with van der Waals surface area (Å²) >= 11 is 0. The quantitative estimate of drug-likeness (QED) is 0.669. The SMILES string of the molecule is CC(=O)CCC(C)C.CC(C)CO.NC(=O)CCN1C(=O)C=CC1=O. The van der Waals surface area contributed by atoms with Crippen LogP contribution in [0.4, 0.5) is 0 Å². The minimum absolute atomic E-state index is 0.0131. The summed E-state index contributed by atoms with van der Waals surface area (Å²) in [5.41, 5.74) is 4.85. The van der Waals surface area contributed by atoms with Gasteiger partial charge in [-0.05, 0) is 25.2 Å². The van der Waals surface area contributed by atoms with E-state index in [1.54, 1.807) is 6.92 Å². The van der Waals surface area contributed by atoms with E-state index in [0.29, 0.717) is 24.2 Å². The number of rotatable bonds is 7. The largest absolute Gasteiger partial charge is 0.396 e. The van der Waals surface area contributed by atoms with E-state index in [4.69, 9.17) is 10.8 Å². The summed E-state index contributed by atoms with van der Waals surface area (Å²) in [4.78, 5) is 43.4. The van der Waals surface area contributed by atoms with Gasteiger partial charge in [-0.2, -0.15) is 0 Å². The molecular weight excluding hydrogens is 324 g/mol. The number of Topliss-reactive ketones (excluding diaryl/α,β-unsaturated/α-hetero) is 1. The molecule has 0 atom stereocenters. The number of primary amides is 1. The normalized spacial score (nSPS) is 12.7. The zero-order valence-electron chi connectivity index (χ0n) is 15.9. The lowest BCUT2D eigenvalue weighted by atomic mass is 10.1. The van der Waals surface area contributed by atoms with Gasteiger partial charge in [0.15, 0.2) is 0 Å². The third kappa shape index (κ3) is 16.6. The molecule has 1 aliphatic heterocycles. The third-order valence-corrected chi connectivity index (χ3v) is 2.92. The van der Waals surface area contributed by atoms with Crippen molar-refractivity contribution in [1.82, 2.24) is 4.90 Å². The van der Waals surface area contributed by atoms with Gasteiger partial charge in [-0.15, -0.1) is 0 Å². The van der Waals surface area contributed by atoms with Crippen molar-refractivity contribution >= 4 is 23.5 Å². The van der Waals surface area contributed by atoms with Crippen LogP contribution < -0.4 is 5.73 Å². The van der Waals surface area contributed by atoms with Gasteiger partial charge in [0.05, 0.1) is 0 Å². The van der Waals surface area contributed by atoms with Gasteiger partial charge in [0.2, 0.25) is 5.91 Å². The van der Waals surface area contributed by atoms with Gasteiger partial charge in [-0.25, -0.2) is 0 Å². The molecule has 3 N–H and O–H groups in total. The molecule has 0 fully saturated rings. The number of imide groups is 1. The van der Waals surface area contributed by atoms with Crippen LogP contribution >= 0.6 is 0 Å². The molecule has 3 amide bonds. The molecule has 0 radical (unpaired) electrons. The molecule has 0 aromatic rings. The Morgan fingerprint density at radius 2 is 1.48 bits per heavy atom. The van der Waals surface area contributed by atoms with Crippen LogP contribution in [0.5, 0.6) is 0 Å². The maximum Gasteiger partial charge on any atom is 0.253 e. The fraction of sp³-hybridized carbons (Fsp3) is 0.667. The Morgan fingerprint density at radius 3 is 1.72 bits per heavy atom. The zero-order valence-corrected chi connectivity index (χ0v) is 15.9. The highest BCUT2D eigenvalue weighted by atomic mass is 16.3. The molecule has 0 bridgehead atoms. The summed E-state index contributed by atoms with van der Waals surface area (Å²) < 4.78 is 0. The summed E-state index contributed by atoms with van der Waals surface area (Å²) in [7, 11) is 0. The van der Waals surface area contributed by atoms with Gasteiger partial charge in [0.1, 0.15) is 5.78 Å². The maximum absolute atomic E-state index is 10.9. The number of carbonyl (C=O) groups excluding carboxylic acids is 4. The average Bonchev–Trinajstić information content (AvgIpc) is 2.83. The minimum atomic E-state index is -0.525. The summed E-state index contributed by atoms with van der Waals surface area (Å²) in [5.74, 6) is 0.109. The Balaban J connectivity index is 0. The number of nitrogens with zero attached hydrogens (tertiary/aromatic N) is 1. The number of hydrogen-bond donors (Lipinski definition) is 2. The van der Waals surface area contributed by atoms with Gasteiger partial charge in [-0.1, -0.05) is 27.7 Å². The first-order chi connectivity index (χ1) is 11.5. The number of aliphatic hydroxyl groups excluding tert-OH is 1. The Bertz CT molecular complexity index is 452. The van der Waals surface area contributed by atoms with Crippen molar-refractivity contribution < 1.29 is 24.3 Å². The van der Waals surface area contributed by atoms with Crippen molar-refractivity contribution in [2.45, 2.75) is 53.9 Å². The zero-order chi connectivity index (χ0) is 20.0. The van der Waals surface area contributed by atoms with E-state index in [1.165, 1.54) is 12.2 Å². The lowest BCUT2D eigenvalue weighted by Gasteiger charge is -2.11. The number of aliphatic hydroxyl groups is 1. The Kier molecular flexibility index (Phi) is 14.5. The molecule has 1 heterocycles. The van der Waals surface area contributed by atoms with Crippen LogP contribution in [0.15, 0.2) is 12.2 Å². The highest BCUT2D eigenvalue weighted by Crippen LogP contribution is 2.03. The highest BCUT2D eigenvalue weighted by Gasteiger charge is 2.22. The Labute approximate surface area is 150 Å². The van der Waals surface area contributed by atoms with Crippen molar-refractivity contribution in [2.75, 3.05) is 13.2 Å². The number of nitrogens with two attached hydrogens (primary N) is 1. The van der Waals surface area contributed by atoms with Crippen LogP contribution in [-0.2, 0) is 19.2 Å². The molecule has 0 saturated heterocycles. The third-order valence-electron chi connectivity index (χ3n) is 2.92. The predicted octanol–water partition coefficient (Wildman–Crippen LogP) is 1.43. The average molecular weight is 356 g/mol. The van der Waals surface area contributed by atoms with Crippen LogP contribution in [0.3, 0.4) is 0 Å². The molecular formula is C18H32N2O5. The first kappa shape index (κ1) is 25.2. The van der Waals surface area contributed by atoms with E-state index in [9.17, 15) is 19.2 Å². The first-order valence-electron chi connectivity index (χ1n) is 8.43. The van der Waals surface area contributed by atoms with Crippen molar-refractivity contribution in [3.8, 4) is 0 Å². The monoisotopic (exact) mass is 356 g/mol. The molecule has 0 aliphatic carbocycles. The molecule has 144 valence electrons. The minimum Gasteiger partial charge on any atom is -0.396 e. The molecule has 0 saturated carbocycles. The van der Waals surface area contributed by atoms with Crippen LogP contribution in [0.2, 0.25) is 0 Å². The second-order valence-electron chi connectivity index (χ2n) is 6.59. The van der Waals surface area contributed by atoms with Crippen molar-refractivity contribution in [2.24, 2.45) is 17.6 Å². The summed E-state index contributed by atoms with van der Waals surface area (Å²) in [6.45, 7) is 10.2. The fourth-order valence-electron chi connectivity index (χ4n) is 1.37. The highest BCUT2D eigenvalue weighted by molar-refractivity contribution is 6.13. The van der Waals surface area contributed by atoms with E-state index in [1.807, 2.05) is 13.8 Å². The fourth-order valence-corrected chi connectivity index (χ4v) is 1.37. The number of ketones is 1. The van der Waals surface area contributed by atoms with Gasteiger partial charge in [-0.3, -0.25) is 19.3 Å². The summed E-state index contributed by atoms with van der Waals surface area (Å²) in [6, 6.07) is 0. The van der Waals surface area contributed by atoms with E-state index in [2.05, 4.69) is 13.8 Å². The topological polar surface area (TPSA) is 118 Å². The van der Waals surface area contributed by atoms with E-state index < -0.39 is 5.91 Å². The van der Waals surface area contributed by atoms with Gasteiger partial charge < -0.3 is 15.6 Å². The second kappa shape index (κ2) is 14.3. The molecule has 1 rings (SSSR count). The molecule has 1 aliphatic rings. The molecule has 0 spiro atoms. The summed E-state index contributed by atoms with van der Waals surface area (Å²) in [6.07, 6.45) is 4.14. The molecule has 25 heavy (non-hydrogen) atoms. The van der Waals surface area contributed by atoms with Gasteiger partial charge in [0, 0.05) is 38.1 Å². The van der Waals surface area contributed by atoms with Crippen molar-refractivity contribution in [3.63, 3.8) is 0 Å². The van der Waals surface area contributed by atoms with Crippen LogP contribution in [0.25, 0.3) is 0 Å². The van der Waals surface area contributed by atoms with E-state index >= 15 is 0 Å². The van der Waals surface area contributed by atoms with Crippen molar-refractivity contribution in [1.29, 1.82) is 0 Å². The van der Waals surface area contributed by atoms with E-state index in [0.717, 1.165) is 17.7 Å². The van der Waals surface area contributed by atoms with Crippen LogP contribution in [0.1, 0.15) is 53.9 Å². The number of hydrogen-bond acceptors (Lipinski definition) is 5. The van der Waals surface area contributed by atoms with Gasteiger partial charge in [0.25, 0.3) is 11.8 Å². The smallest absolute Gasteiger partial charge is 0.253 e. The molecule has 0 aromatic heterocycles. The molecule has 0 unspecified atom stereocenters. The van der Waals surface area contributed by atoms with Gasteiger partial charge >= 0.3 is 0 Å². The standard InChI is InChI=1S/C7H8N2O3.C7H14O.C4H10O/c8-5(10)3-4-9-6(11)1-2-7(9)12;1-6(2)4-5-7(3)8;1-4(2)3-5/h1-2H,3-4H2,(H2,8,10);6H,4-5H2,1-3H3;4-5H,3H2,1-2H3. The summed E-state index contributed by atoms with van der Waals surface area (Å²) in [5, 5.41) is 8.14. The van der Waals surface area contributed by atoms with Crippen molar-refractivity contribution in [3.05, 3.63) is 12.2 Å². The lowest BCUT2D eigenvalue weighted by molar-refractivity contribution is -0.137. The van der Waals surface area contributed by atoms with Crippen LogP contribution in [-0.4, -0.2) is 46.7 Å². The van der Waals surface area contributed by atoms with Crippen LogP contribution in [0, 0.1) is 11.8 Å². The Morgan fingerprint density at radius 1 is 1.04 bits per heavy atom. The predicted molar refractivity (Wildman–Crippen MR) is 96.3 cm³/mol. The van der Waals surface area contributed by atoms with E-state index in [-0.39, 0.29) is 24.8 Å². The molecule has 7 heteroatoms. The first-order valence-corrected chi connectivity index (χ1v) is 8.43. The number of carbonyl (C=O) groups is 4. The maximum atomic E-state index is 10.9.